The number of hydrogen-bond acceptors (Lipinski definition) is 5. The Kier molecular flexibility index (Phi) is 8.67. The maximum atomic E-state index is 13.0. The van der Waals surface area contributed by atoms with Crippen molar-refractivity contribution in [1.82, 2.24) is 9.47 Å². The van der Waals surface area contributed by atoms with E-state index < -0.39 is 0 Å². The van der Waals surface area contributed by atoms with E-state index in [0.29, 0.717) is 34.5 Å². The molecule has 0 radical (unpaired) electrons. The van der Waals surface area contributed by atoms with Crippen LogP contribution in [-0.4, -0.2) is 41.2 Å². The van der Waals surface area contributed by atoms with Gasteiger partial charge in [-0.2, -0.15) is 0 Å². The van der Waals surface area contributed by atoms with Crippen molar-refractivity contribution in [2.45, 2.75) is 24.1 Å². The molecule has 3 rings (SSSR count). The SMILES string of the molecule is CCOC(=O)c1c(CSc2ccccc2)n(C)c2cc(Br)c(O)c(CN(C)C)c12.[Cl-]. The second-order valence-corrected chi connectivity index (χ2v) is 8.92. The quantitative estimate of drug-likeness (QED) is 0.388. The third-order valence-electron chi connectivity index (χ3n) is 4.71. The van der Waals surface area contributed by atoms with Gasteiger partial charge in [0, 0.05) is 40.9 Å². The summed E-state index contributed by atoms with van der Waals surface area (Å²) >= 11 is 5.13. The first kappa shape index (κ1) is 24.6. The Morgan fingerprint density at radius 2 is 1.93 bits per heavy atom. The topological polar surface area (TPSA) is 54.7 Å². The largest absolute Gasteiger partial charge is 1.00 e. The van der Waals surface area contributed by atoms with E-state index in [0.717, 1.165) is 21.5 Å². The average Bonchev–Trinajstić information content (AvgIpc) is 2.96. The molecule has 0 atom stereocenters. The molecule has 3 aromatic rings. The number of rotatable bonds is 7. The number of hydrogen-bond donors (Lipinski definition) is 1. The van der Waals surface area contributed by atoms with Gasteiger partial charge in [-0.15, -0.1) is 11.8 Å². The molecule has 30 heavy (non-hydrogen) atoms. The van der Waals surface area contributed by atoms with E-state index in [9.17, 15) is 9.90 Å². The number of thioether (sulfide) groups is 1. The number of esters is 1. The monoisotopic (exact) mass is 511 g/mol. The number of nitrogens with zero attached hydrogens (tertiary/aromatic N) is 2. The van der Waals surface area contributed by atoms with E-state index in [1.807, 2.05) is 54.9 Å². The third-order valence-corrected chi connectivity index (χ3v) is 6.34. The van der Waals surface area contributed by atoms with Crippen molar-refractivity contribution in [2.24, 2.45) is 7.05 Å². The first-order valence-corrected chi connectivity index (χ1v) is 11.1. The molecule has 0 aliphatic carbocycles. The second-order valence-electron chi connectivity index (χ2n) is 7.02. The summed E-state index contributed by atoms with van der Waals surface area (Å²) in [6, 6.07) is 12.0. The number of aromatic hydroxyl groups is 1. The summed E-state index contributed by atoms with van der Waals surface area (Å²) in [6.45, 7) is 2.60. The van der Waals surface area contributed by atoms with Gasteiger partial charge in [0.15, 0.2) is 0 Å². The maximum absolute atomic E-state index is 13.0. The molecule has 0 spiro atoms. The van der Waals surface area contributed by atoms with Crippen molar-refractivity contribution in [3.63, 3.8) is 0 Å². The Balaban J connectivity index is 0.00000320. The van der Waals surface area contributed by atoms with Crippen LogP contribution < -0.4 is 12.4 Å². The Hall–Kier alpha value is -1.67. The number of aromatic nitrogens is 1. The van der Waals surface area contributed by atoms with Crippen LogP contribution in [0.15, 0.2) is 45.8 Å². The molecule has 1 N–H and O–H groups in total. The van der Waals surface area contributed by atoms with Crippen LogP contribution in [0, 0.1) is 0 Å². The lowest BCUT2D eigenvalue weighted by Gasteiger charge is -2.15. The minimum absolute atomic E-state index is 0. The minimum Gasteiger partial charge on any atom is -1.00 e. The number of carbonyl (C=O) groups excluding carboxylic acids is 1. The number of ether oxygens (including phenoxy) is 1. The highest BCUT2D eigenvalue weighted by Crippen LogP contribution is 2.41. The molecule has 0 unspecified atom stereocenters. The molecular weight excluding hydrogens is 488 g/mol. The van der Waals surface area contributed by atoms with Gasteiger partial charge in [-0.1, -0.05) is 18.2 Å². The number of aryl methyl sites for hydroxylation is 1. The minimum atomic E-state index is -0.358. The van der Waals surface area contributed by atoms with Crippen LogP contribution in [0.4, 0.5) is 0 Å². The van der Waals surface area contributed by atoms with Gasteiger partial charge in [-0.05, 0) is 55.1 Å². The van der Waals surface area contributed by atoms with E-state index in [2.05, 4.69) is 28.1 Å². The number of carbonyl (C=O) groups is 1. The van der Waals surface area contributed by atoms with E-state index >= 15 is 0 Å². The second kappa shape index (κ2) is 10.6. The zero-order chi connectivity index (χ0) is 21.1. The van der Waals surface area contributed by atoms with Crippen molar-refractivity contribution < 1.29 is 27.0 Å². The highest BCUT2D eigenvalue weighted by Gasteiger charge is 2.27. The Morgan fingerprint density at radius 1 is 1.27 bits per heavy atom. The molecule has 162 valence electrons. The molecule has 2 aromatic carbocycles. The van der Waals surface area contributed by atoms with Crippen LogP contribution >= 0.6 is 27.7 Å². The third kappa shape index (κ3) is 4.97. The van der Waals surface area contributed by atoms with Crippen LogP contribution in [0.25, 0.3) is 10.9 Å². The van der Waals surface area contributed by atoms with Gasteiger partial charge in [0.1, 0.15) is 5.75 Å². The van der Waals surface area contributed by atoms with Gasteiger partial charge in [-0.3, -0.25) is 0 Å². The lowest BCUT2D eigenvalue weighted by molar-refractivity contribution is -0.0000251. The summed E-state index contributed by atoms with van der Waals surface area (Å²) in [6.07, 6.45) is 0. The molecule has 0 bridgehead atoms. The molecule has 1 aromatic heterocycles. The van der Waals surface area contributed by atoms with E-state index in [1.54, 1.807) is 18.7 Å². The average molecular weight is 513 g/mol. The Bertz CT molecular complexity index is 1040. The summed E-state index contributed by atoms with van der Waals surface area (Å²) < 4.78 is 8.04. The summed E-state index contributed by atoms with van der Waals surface area (Å²) in [4.78, 5) is 16.1. The van der Waals surface area contributed by atoms with Gasteiger partial charge in [0.25, 0.3) is 0 Å². The predicted octanol–water partition coefficient (Wildman–Crippen LogP) is 2.18. The summed E-state index contributed by atoms with van der Waals surface area (Å²) in [7, 11) is 5.82. The van der Waals surface area contributed by atoms with Crippen molar-refractivity contribution in [1.29, 1.82) is 0 Å². The fourth-order valence-corrected chi connectivity index (χ4v) is 4.86. The standard InChI is InChI=1S/C22H25BrN2O3S.ClH/c1-5-28-22(27)20-18(13-29-14-9-7-6-8-10-14)25(4)17-11-16(23)21(26)15(19(17)20)12-24(2)3;/h6-11,26H,5,12-13H2,1-4H3;1H/p-1. The highest BCUT2D eigenvalue weighted by atomic mass is 79.9. The molecule has 0 saturated heterocycles. The molecule has 0 saturated carbocycles. The lowest BCUT2D eigenvalue weighted by Crippen LogP contribution is -3.00. The lowest BCUT2D eigenvalue weighted by atomic mass is 10.0. The molecule has 1 heterocycles. The first-order chi connectivity index (χ1) is 13.8. The number of phenols is 1. The van der Waals surface area contributed by atoms with Crippen molar-refractivity contribution in [3.8, 4) is 5.75 Å². The van der Waals surface area contributed by atoms with Gasteiger partial charge >= 0.3 is 5.97 Å². The van der Waals surface area contributed by atoms with Crippen molar-refractivity contribution in [3.05, 3.63) is 57.7 Å². The number of fused-ring (bicyclic) bond motifs is 1. The summed E-state index contributed by atoms with van der Waals surface area (Å²) in [5.74, 6) is 0.413. The summed E-state index contributed by atoms with van der Waals surface area (Å²) in [5, 5.41) is 11.5. The van der Waals surface area contributed by atoms with Crippen LogP contribution in [-0.2, 0) is 24.1 Å². The van der Waals surface area contributed by atoms with Crippen LogP contribution in [0.2, 0.25) is 0 Å². The first-order valence-electron chi connectivity index (χ1n) is 9.36. The molecule has 0 amide bonds. The fraction of sp³-hybridized carbons (Fsp3) is 0.318. The van der Waals surface area contributed by atoms with Crippen LogP contribution in [0.1, 0.15) is 28.5 Å². The molecule has 5 nitrogen and oxygen atoms in total. The molecule has 0 aliphatic heterocycles. The summed E-state index contributed by atoms with van der Waals surface area (Å²) in [5.41, 5.74) is 3.02. The smallest absolute Gasteiger partial charge is 0.340 e. The highest BCUT2D eigenvalue weighted by molar-refractivity contribution is 9.10. The number of benzene rings is 2. The maximum Gasteiger partial charge on any atom is 0.340 e. The van der Waals surface area contributed by atoms with Gasteiger partial charge in [0.2, 0.25) is 0 Å². The van der Waals surface area contributed by atoms with Crippen molar-refractivity contribution >= 4 is 44.6 Å². The van der Waals surface area contributed by atoms with E-state index in [-0.39, 0.29) is 24.1 Å². The normalized spacial score (nSPS) is 11.0. The fourth-order valence-electron chi connectivity index (χ4n) is 3.41. The molecular formula is C22H25BrClN2O3S-. The van der Waals surface area contributed by atoms with E-state index in [1.165, 1.54) is 0 Å². The van der Waals surface area contributed by atoms with Gasteiger partial charge in [-0.25, -0.2) is 4.79 Å². The zero-order valence-corrected chi connectivity index (χ0v) is 20.6. The van der Waals surface area contributed by atoms with E-state index in [4.69, 9.17) is 4.74 Å². The number of phenolic OH excluding ortho intramolecular Hbond substituents is 1. The predicted molar refractivity (Wildman–Crippen MR) is 122 cm³/mol. The van der Waals surface area contributed by atoms with Crippen LogP contribution in [0.5, 0.6) is 5.75 Å². The van der Waals surface area contributed by atoms with Gasteiger partial charge in [0.05, 0.1) is 22.2 Å². The molecule has 0 aliphatic rings. The zero-order valence-electron chi connectivity index (χ0n) is 17.4. The van der Waals surface area contributed by atoms with Gasteiger partial charge < -0.3 is 31.7 Å². The van der Waals surface area contributed by atoms with Crippen molar-refractivity contribution in [2.75, 3.05) is 20.7 Å². The molecule has 0 fully saturated rings. The van der Waals surface area contributed by atoms with Crippen LogP contribution in [0.3, 0.4) is 0 Å². The molecule has 8 heteroatoms. The number of halogens is 2. The Morgan fingerprint density at radius 3 is 2.53 bits per heavy atom. The Labute approximate surface area is 195 Å².